The minimum Gasteiger partial charge on any atom is -0.457 e. The van der Waals surface area contributed by atoms with Gasteiger partial charge in [-0.15, -0.1) is 71.3 Å². The average molecular weight is 697 g/mol. The van der Waals surface area contributed by atoms with E-state index in [0.717, 1.165) is 33.2 Å². The van der Waals surface area contributed by atoms with E-state index in [4.69, 9.17) is 17.6 Å². The van der Waals surface area contributed by atoms with E-state index >= 15 is 0 Å². The van der Waals surface area contributed by atoms with Gasteiger partial charge in [0.2, 0.25) is 0 Å². The summed E-state index contributed by atoms with van der Waals surface area (Å²) in [7, 11) is -1.66. The van der Waals surface area contributed by atoms with Gasteiger partial charge in [0.25, 0.3) is 0 Å². The minimum atomic E-state index is -2.18. The van der Waals surface area contributed by atoms with Crippen molar-refractivity contribution in [2.45, 2.75) is 33.3 Å². The van der Waals surface area contributed by atoms with Crippen molar-refractivity contribution in [3.8, 4) is 22.5 Å². The summed E-state index contributed by atoms with van der Waals surface area (Å²) < 4.78 is 49.9. The number of nitrogens with zero attached hydrogens (tertiary/aromatic N) is 2. The number of hydrogen-bond donors (Lipinski definition) is 0. The predicted molar refractivity (Wildman–Crippen MR) is 157 cm³/mol. The Bertz CT molecular complexity index is 1810. The van der Waals surface area contributed by atoms with Gasteiger partial charge < -0.3 is 14.4 Å². The maximum Gasteiger partial charge on any atom is 0.135 e. The van der Waals surface area contributed by atoms with Crippen LogP contribution in [0.1, 0.15) is 19.4 Å². The first kappa shape index (κ1) is 20.6. The molecule has 0 amide bonds. The van der Waals surface area contributed by atoms with Gasteiger partial charge in [0.15, 0.2) is 0 Å². The first-order valence-corrected chi connectivity index (χ1v) is 15.5. The zero-order chi connectivity index (χ0) is 31.0. The summed E-state index contributed by atoms with van der Waals surface area (Å²) in [6.07, 6.45) is 3.24. The molecule has 0 saturated carbocycles. The molecular weight excluding hydrogens is 661 g/mol. The summed E-state index contributed by atoms with van der Waals surface area (Å²) in [5, 5.41) is 3.52. The van der Waals surface area contributed by atoms with Crippen LogP contribution in [0.15, 0.2) is 95.7 Å². The summed E-state index contributed by atoms with van der Waals surface area (Å²) in [5.41, 5.74) is 5.51. The number of aryl methyl sites for hydroxylation is 2. The molecule has 5 heteroatoms. The van der Waals surface area contributed by atoms with Crippen LogP contribution in [0.4, 0.5) is 0 Å². The van der Waals surface area contributed by atoms with Crippen LogP contribution in [0.3, 0.4) is 0 Å². The van der Waals surface area contributed by atoms with Crippen molar-refractivity contribution in [2.75, 3.05) is 0 Å². The Morgan fingerprint density at radius 3 is 2.21 bits per heavy atom. The van der Waals surface area contributed by atoms with E-state index in [-0.39, 0.29) is 31.2 Å². The van der Waals surface area contributed by atoms with Gasteiger partial charge in [0.1, 0.15) is 11.2 Å². The number of rotatable bonds is 3. The number of furan rings is 1. The maximum atomic E-state index is 7.28. The Balaban J connectivity index is 0.000000199. The summed E-state index contributed by atoms with van der Waals surface area (Å²) in [5.74, 6) is 0. The van der Waals surface area contributed by atoms with E-state index in [0.29, 0.717) is 11.3 Å². The Morgan fingerprint density at radius 2 is 1.55 bits per heavy atom. The van der Waals surface area contributed by atoms with Crippen LogP contribution in [0.25, 0.3) is 44.5 Å². The standard InChI is InChI=1S/C20H18NOSi.C13H12N.Ir/c1-23(2,3)20-18(14-9-5-4-6-10-14)21-13-16-15-11-7-8-12-17(15)22-19(16)20;1-10-3-6-12(7-4-10)13-8-5-11(2)9-14-13;/h4-9,11-13H,1-3H3;3-6,8-9H,1-2H3;/q2*-1;/i;1D3,2D3;. The second-order valence-corrected chi connectivity index (χ2v) is 14.8. The monoisotopic (exact) mass is 697 g/mol. The Hall–Kier alpha value is -3.37. The normalized spacial score (nSPS) is 14.1. The zero-order valence-electron chi connectivity index (χ0n) is 27.3. The molecule has 0 saturated heterocycles. The number of hydrogen-bond acceptors (Lipinski definition) is 3. The van der Waals surface area contributed by atoms with Crippen LogP contribution in [-0.4, -0.2) is 18.0 Å². The van der Waals surface area contributed by atoms with Gasteiger partial charge in [0, 0.05) is 51.5 Å². The smallest absolute Gasteiger partial charge is 0.135 e. The van der Waals surface area contributed by atoms with Gasteiger partial charge in [-0.3, -0.25) is 0 Å². The molecule has 3 aromatic heterocycles. The number of para-hydroxylation sites is 1. The maximum absolute atomic E-state index is 7.28. The summed E-state index contributed by atoms with van der Waals surface area (Å²) in [6, 6.07) is 30.0. The first-order valence-electron chi connectivity index (χ1n) is 15.0. The van der Waals surface area contributed by atoms with Crippen LogP contribution in [-0.2, 0) is 20.1 Å². The number of fused-ring (bicyclic) bond motifs is 3. The SMILES string of the molecule is C[Si](C)(C)c1c(-c2[c-]cccc2)ncc2c1oc1ccccc12.[2H]C([2H])([2H])c1c[c-]c(-c2ccc(C([2H])([2H])[2H])cn2)cc1.[Ir]. The third-order valence-corrected chi connectivity index (χ3v) is 7.95. The summed E-state index contributed by atoms with van der Waals surface area (Å²) >= 11 is 0. The van der Waals surface area contributed by atoms with E-state index in [1.54, 1.807) is 12.1 Å². The molecule has 0 aliphatic rings. The van der Waals surface area contributed by atoms with Gasteiger partial charge >= 0.3 is 0 Å². The molecular formula is C33H30IrN2OSi-2. The molecule has 0 bridgehead atoms. The number of pyridine rings is 2. The molecule has 3 nitrogen and oxygen atoms in total. The molecule has 0 N–H and O–H groups in total. The number of benzene rings is 3. The molecule has 0 aliphatic carbocycles. The Kier molecular flexibility index (Phi) is 6.26. The topological polar surface area (TPSA) is 38.9 Å². The van der Waals surface area contributed by atoms with Crippen LogP contribution in [0, 0.1) is 25.8 Å². The average Bonchev–Trinajstić information content (AvgIpc) is 3.35. The van der Waals surface area contributed by atoms with Crippen LogP contribution < -0.4 is 5.19 Å². The zero-order valence-corrected chi connectivity index (χ0v) is 24.7. The fourth-order valence-electron chi connectivity index (χ4n) is 4.26. The van der Waals surface area contributed by atoms with Crippen LogP contribution in [0.5, 0.6) is 0 Å². The quantitative estimate of drug-likeness (QED) is 0.139. The van der Waals surface area contributed by atoms with Crippen molar-refractivity contribution in [3.05, 3.63) is 115 Å². The first-order chi connectivity index (χ1) is 20.2. The Labute approximate surface area is 247 Å². The van der Waals surface area contributed by atoms with E-state index in [9.17, 15) is 0 Å². The minimum absolute atomic E-state index is 0. The molecule has 0 fully saturated rings. The molecule has 38 heavy (non-hydrogen) atoms. The van der Waals surface area contributed by atoms with Gasteiger partial charge in [-0.1, -0.05) is 56.8 Å². The molecule has 6 rings (SSSR count). The molecule has 0 spiro atoms. The van der Waals surface area contributed by atoms with Gasteiger partial charge in [0.05, 0.1) is 8.07 Å². The van der Waals surface area contributed by atoms with Crippen molar-refractivity contribution < 1.29 is 32.7 Å². The van der Waals surface area contributed by atoms with Crippen molar-refractivity contribution in [1.82, 2.24) is 9.97 Å². The second kappa shape index (κ2) is 11.6. The molecule has 0 unspecified atom stereocenters. The third kappa shape index (κ3) is 5.86. The predicted octanol–water partition coefficient (Wildman–Crippen LogP) is 8.16. The van der Waals surface area contributed by atoms with Gasteiger partial charge in [-0.05, 0) is 35.1 Å². The summed E-state index contributed by atoms with van der Waals surface area (Å²) in [6.45, 7) is 2.67. The van der Waals surface area contributed by atoms with E-state index < -0.39 is 21.8 Å². The molecule has 0 atom stereocenters. The third-order valence-electron chi connectivity index (χ3n) is 5.99. The molecule has 6 aromatic rings. The van der Waals surface area contributed by atoms with Crippen molar-refractivity contribution >= 4 is 35.2 Å². The van der Waals surface area contributed by atoms with Crippen LogP contribution in [0.2, 0.25) is 19.6 Å². The van der Waals surface area contributed by atoms with Crippen molar-refractivity contribution in [3.63, 3.8) is 0 Å². The molecule has 3 heterocycles. The second-order valence-electron chi connectivity index (χ2n) is 9.77. The fourth-order valence-corrected chi connectivity index (χ4v) is 6.03. The molecule has 0 aliphatic heterocycles. The molecule has 1 radical (unpaired) electrons. The van der Waals surface area contributed by atoms with Gasteiger partial charge in [-0.2, -0.15) is 0 Å². The molecule has 193 valence electrons. The van der Waals surface area contributed by atoms with E-state index in [2.05, 4.69) is 48.9 Å². The summed E-state index contributed by atoms with van der Waals surface area (Å²) in [4.78, 5) is 8.88. The molecule has 3 aromatic carbocycles. The van der Waals surface area contributed by atoms with Crippen molar-refractivity contribution in [2.24, 2.45) is 0 Å². The van der Waals surface area contributed by atoms with Gasteiger partial charge in [-0.25, -0.2) is 0 Å². The van der Waals surface area contributed by atoms with Crippen LogP contribution >= 0.6 is 0 Å². The fraction of sp³-hybridized carbons (Fsp3) is 0.152. The Morgan fingerprint density at radius 1 is 0.763 bits per heavy atom. The van der Waals surface area contributed by atoms with E-state index in [1.807, 2.05) is 42.6 Å². The van der Waals surface area contributed by atoms with Crippen molar-refractivity contribution in [1.29, 1.82) is 0 Å². The van der Waals surface area contributed by atoms with E-state index in [1.165, 1.54) is 29.6 Å². The number of aromatic nitrogens is 2. The largest absolute Gasteiger partial charge is 0.457 e.